The lowest BCUT2D eigenvalue weighted by atomic mass is 10.2. The third-order valence-electron chi connectivity index (χ3n) is 3.79. The molecule has 0 radical (unpaired) electrons. The van der Waals surface area contributed by atoms with Crippen LogP contribution >= 0.6 is 11.3 Å². The standard InChI is InChI=1S/C17H21N5OS/c1-4-7-22-11-14(12(2)20-22)17(23)21(3)10-13-9-15(19-18-13)16-6-5-8-24-16/h5-6,8-9,11H,4,7,10H2,1-3H3,(H,18,19). The van der Waals surface area contributed by atoms with Gasteiger partial charge < -0.3 is 4.90 Å². The fourth-order valence-electron chi connectivity index (χ4n) is 2.60. The molecule has 6 nitrogen and oxygen atoms in total. The Kier molecular flexibility index (Phi) is 4.80. The predicted molar refractivity (Wildman–Crippen MR) is 95.0 cm³/mol. The van der Waals surface area contributed by atoms with Crippen LogP contribution in [-0.2, 0) is 13.1 Å². The number of aromatic nitrogens is 4. The molecular formula is C17H21N5OS. The van der Waals surface area contributed by atoms with Gasteiger partial charge in [0.15, 0.2) is 0 Å². The number of rotatable bonds is 6. The van der Waals surface area contributed by atoms with Crippen molar-refractivity contribution in [3.05, 3.63) is 46.7 Å². The van der Waals surface area contributed by atoms with Crippen molar-refractivity contribution in [2.24, 2.45) is 0 Å². The van der Waals surface area contributed by atoms with Gasteiger partial charge in [0, 0.05) is 19.8 Å². The lowest BCUT2D eigenvalue weighted by molar-refractivity contribution is 0.0782. The molecule has 0 atom stereocenters. The number of carbonyl (C=O) groups excluding carboxylic acids is 1. The maximum Gasteiger partial charge on any atom is 0.257 e. The molecule has 3 heterocycles. The zero-order chi connectivity index (χ0) is 17.1. The molecule has 0 fully saturated rings. The van der Waals surface area contributed by atoms with Crippen LogP contribution in [0.2, 0.25) is 0 Å². The van der Waals surface area contributed by atoms with Gasteiger partial charge in [-0.25, -0.2) is 0 Å². The normalized spacial score (nSPS) is 11.0. The summed E-state index contributed by atoms with van der Waals surface area (Å²) in [6.45, 7) is 5.27. The average molecular weight is 343 g/mol. The highest BCUT2D eigenvalue weighted by Gasteiger charge is 2.18. The molecule has 3 aromatic heterocycles. The van der Waals surface area contributed by atoms with Gasteiger partial charge in [-0.15, -0.1) is 11.3 Å². The van der Waals surface area contributed by atoms with Crippen molar-refractivity contribution in [1.29, 1.82) is 0 Å². The van der Waals surface area contributed by atoms with Gasteiger partial charge in [-0.1, -0.05) is 13.0 Å². The van der Waals surface area contributed by atoms with Gasteiger partial charge in [-0.05, 0) is 30.9 Å². The van der Waals surface area contributed by atoms with E-state index in [9.17, 15) is 4.79 Å². The van der Waals surface area contributed by atoms with E-state index < -0.39 is 0 Å². The van der Waals surface area contributed by atoms with E-state index in [4.69, 9.17) is 0 Å². The largest absolute Gasteiger partial charge is 0.336 e. The summed E-state index contributed by atoms with van der Waals surface area (Å²) in [7, 11) is 1.80. The van der Waals surface area contributed by atoms with Crippen molar-refractivity contribution in [2.75, 3.05) is 7.05 Å². The molecule has 0 bridgehead atoms. The van der Waals surface area contributed by atoms with Gasteiger partial charge >= 0.3 is 0 Å². The van der Waals surface area contributed by atoms with E-state index in [1.165, 1.54) is 0 Å². The number of carbonyl (C=O) groups is 1. The number of nitrogens with one attached hydrogen (secondary N) is 1. The number of amides is 1. The van der Waals surface area contributed by atoms with Crippen LogP contribution in [0, 0.1) is 6.92 Å². The van der Waals surface area contributed by atoms with Crippen LogP contribution < -0.4 is 0 Å². The van der Waals surface area contributed by atoms with Crippen LogP contribution in [0.15, 0.2) is 29.8 Å². The Morgan fingerprint density at radius 1 is 1.46 bits per heavy atom. The molecule has 1 N–H and O–H groups in total. The van der Waals surface area contributed by atoms with Gasteiger partial charge in [0.05, 0.1) is 28.4 Å². The summed E-state index contributed by atoms with van der Waals surface area (Å²) in [4.78, 5) is 15.5. The highest BCUT2D eigenvalue weighted by molar-refractivity contribution is 7.13. The van der Waals surface area contributed by atoms with Gasteiger partial charge in [-0.2, -0.15) is 10.2 Å². The second-order valence-corrected chi connectivity index (χ2v) is 6.76. The first-order valence-electron chi connectivity index (χ1n) is 7.96. The first kappa shape index (κ1) is 16.4. The fourth-order valence-corrected chi connectivity index (χ4v) is 3.28. The molecule has 0 unspecified atom stereocenters. The first-order chi connectivity index (χ1) is 11.6. The third kappa shape index (κ3) is 3.41. The smallest absolute Gasteiger partial charge is 0.257 e. The highest BCUT2D eigenvalue weighted by atomic mass is 32.1. The van der Waals surface area contributed by atoms with E-state index in [0.717, 1.165) is 34.9 Å². The molecule has 0 aromatic carbocycles. The first-order valence-corrected chi connectivity index (χ1v) is 8.84. The molecule has 3 rings (SSSR count). The number of H-pyrrole nitrogens is 1. The Labute approximate surface area is 145 Å². The lowest BCUT2D eigenvalue weighted by Crippen LogP contribution is -2.26. The highest BCUT2D eigenvalue weighted by Crippen LogP contribution is 2.23. The van der Waals surface area contributed by atoms with E-state index in [2.05, 4.69) is 22.2 Å². The maximum atomic E-state index is 12.7. The van der Waals surface area contributed by atoms with Crippen LogP contribution in [0.4, 0.5) is 0 Å². The zero-order valence-electron chi connectivity index (χ0n) is 14.1. The number of aryl methyl sites for hydroxylation is 2. The molecular weight excluding hydrogens is 322 g/mol. The van der Waals surface area contributed by atoms with Crippen LogP contribution in [0.1, 0.15) is 35.1 Å². The Hall–Kier alpha value is -2.41. The molecule has 0 aliphatic heterocycles. The van der Waals surface area contributed by atoms with Crippen molar-refractivity contribution >= 4 is 17.2 Å². The summed E-state index contributed by atoms with van der Waals surface area (Å²) >= 11 is 1.65. The van der Waals surface area contributed by atoms with E-state index in [-0.39, 0.29) is 5.91 Å². The minimum atomic E-state index is -0.0258. The van der Waals surface area contributed by atoms with Crippen LogP contribution in [0.25, 0.3) is 10.6 Å². The van der Waals surface area contributed by atoms with Gasteiger partial charge in [0.1, 0.15) is 5.69 Å². The number of nitrogens with zero attached hydrogens (tertiary/aromatic N) is 4. The van der Waals surface area contributed by atoms with Crippen LogP contribution in [0.5, 0.6) is 0 Å². The number of hydrogen-bond acceptors (Lipinski definition) is 4. The summed E-state index contributed by atoms with van der Waals surface area (Å²) in [6, 6.07) is 6.02. The molecule has 0 saturated carbocycles. The van der Waals surface area contributed by atoms with E-state index in [0.29, 0.717) is 12.1 Å². The molecule has 1 amide bonds. The quantitative estimate of drug-likeness (QED) is 0.746. The second kappa shape index (κ2) is 7.00. The summed E-state index contributed by atoms with van der Waals surface area (Å²) in [5.74, 6) is -0.0258. The minimum absolute atomic E-state index is 0.0258. The molecule has 0 aliphatic carbocycles. The topological polar surface area (TPSA) is 66.8 Å². The summed E-state index contributed by atoms with van der Waals surface area (Å²) in [5, 5.41) is 13.8. The molecule has 3 aromatic rings. The Morgan fingerprint density at radius 3 is 3.00 bits per heavy atom. The predicted octanol–water partition coefficient (Wildman–Crippen LogP) is 3.33. The average Bonchev–Trinajstić information content (AvgIpc) is 3.27. The molecule has 0 spiro atoms. The molecule has 0 aliphatic rings. The van der Waals surface area contributed by atoms with Gasteiger partial charge in [0.2, 0.25) is 0 Å². The lowest BCUT2D eigenvalue weighted by Gasteiger charge is -2.15. The number of thiophene rings is 1. The second-order valence-electron chi connectivity index (χ2n) is 5.81. The van der Waals surface area contributed by atoms with Crippen molar-refractivity contribution in [1.82, 2.24) is 24.9 Å². The number of aromatic amines is 1. The Morgan fingerprint density at radius 2 is 2.29 bits per heavy atom. The van der Waals surface area contributed by atoms with Crippen molar-refractivity contribution in [3.8, 4) is 10.6 Å². The van der Waals surface area contributed by atoms with E-state index in [1.54, 1.807) is 23.3 Å². The SMILES string of the molecule is CCCn1cc(C(=O)N(C)Cc2cc(-c3cccs3)n[nH]2)c(C)n1. The third-order valence-corrected chi connectivity index (χ3v) is 4.68. The molecule has 7 heteroatoms. The Balaban J connectivity index is 1.70. The maximum absolute atomic E-state index is 12.7. The molecule has 0 saturated heterocycles. The van der Waals surface area contributed by atoms with E-state index >= 15 is 0 Å². The van der Waals surface area contributed by atoms with Crippen LogP contribution in [0.3, 0.4) is 0 Å². The van der Waals surface area contributed by atoms with Gasteiger partial charge in [-0.3, -0.25) is 14.6 Å². The van der Waals surface area contributed by atoms with Crippen molar-refractivity contribution in [2.45, 2.75) is 33.4 Å². The van der Waals surface area contributed by atoms with Crippen molar-refractivity contribution in [3.63, 3.8) is 0 Å². The monoisotopic (exact) mass is 343 g/mol. The Bertz CT molecular complexity index is 818. The summed E-state index contributed by atoms with van der Waals surface area (Å²) in [5.41, 5.74) is 3.24. The van der Waals surface area contributed by atoms with Gasteiger partial charge in [0.25, 0.3) is 5.91 Å². The molecule has 24 heavy (non-hydrogen) atoms. The summed E-state index contributed by atoms with van der Waals surface area (Å²) in [6.07, 6.45) is 2.83. The zero-order valence-corrected chi connectivity index (χ0v) is 14.9. The number of hydrogen-bond donors (Lipinski definition) is 1. The summed E-state index contributed by atoms with van der Waals surface area (Å²) < 4.78 is 1.83. The van der Waals surface area contributed by atoms with Crippen LogP contribution in [-0.4, -0.2) is 37.8 Å². The fraction of sp³-hybridized carbons (Fsp3) is 0.353. The minimum Gasteiger partial charge on any atom is -0.336 e. The van der Waals surface area contributed by atoms with E-state index in [1.807, 2.05) is 41.4 Å². The van der Waals surface area contributed by atoms with Crippen molar-refractivity contribution < 1.29 is 4.79 Å². The molecule has 126 valence electrons.